The van der Waals surface area contributed by atoms with Gasteiger partial charge < -0.3 is 16.4 Å². The monoisotopic (exact) mass is 459 g/mol. The number of amides is 2. The van der Waals surface area contributed by atoms with Crippen molar-refractivity contribution in [3.63, 3.8) is 0 Å². The van der Waals surface area contributed by atoms with Gasteiger partial charge in [0, 0.05) is 0 Å². The summed E-state index contributed by atoms with van der Waals surface area (Å²) < 4.78 is 1.86. The quantitative estimate of drug-likeness (QED) is 0.491. The fraction of sp³-hybridized carbons (Fsp3) is 0.370. The molecule has 0 spiro atoms. The van der Waals surface area contributed by atoms with Crippen molar-refractivity contribution in [2.45, 2.75) is 64.1 Å². The molecule has 34 heavy (non-hydrogen) atoms. The average Bonchev–Trinajstić information content (AvgIpc) is 3.28. The number of primary amides is 1. The molecule has 0 saturated carbocycles. The number of hydrogen-bond acceptors (Lipinski definition) is 4. The molecule has 178 valence electrons. The van der Waals surface area contributed by atoms with Gasteiger partial charge >= 0.3 is 0 Å². The van der Waals surface area contributed by atoms with Crippen LogP contribution in [0.5, 0.6) is 0 Å². The molecule has 4 N–H and O–H groups in total. The second-order valence-corrected chi connectivity index (χ2v) is 9.57. The first kappa shape index (κ1) is 23.5. The van der Waals surface area contributed by atoms with Gasteiger partial charge in [0.05, 0.1) is 17.8 Å². The van der Waals surface area contributed by atoms with Crippen LogP contribution in [0.15, 0.2) is 60.8 Å². The van der Waals surface area contributed by atoms with Crippen LogP contribution in [0.3, 0.4) is 0 Å². The first-order valence-corrected chi connectivity index (χ1v) is 11.8. The molecule has 0 aliphatic carbocycles. The maximum atomic E-state index is 13.6. The minimum Gasteiger partial charge on any atom is -0.367 e. The summed E-state index contributed by atoms with van der Waals surface area (Å²) >= 11 is 0. The Bertz CT molecular complexity index is 1180. The van der Waals surface area contributed by atoms with Crippen LogP contribution in [0.2, 0.25) is 0 Å². The van der Waals surface area contributed by atoms with Crippen LogP contribution < -0.4 is 16.4 Å². The van der Waals surface area contributed by atoms with Gasteiger partial charge in [-0.05, 0) is 49.8 Å². The molecule has 1 aliphatic heterocycles. The Kier molecular flexibility index (Phi) is 6.21. The number of nitrogens with one attached hydrogen (secondary N) is 2. The molecule has 0 saturated heterocycles. The largest absolute Gasteiger partial charge is 0.367 e. The van der Waals surface area contributed by atoms with Gasteiger partial charge in [-0.2, -0.15) is 5.10 Å². The summed E-state index contributed by atoms with van der Waals surface area (Å²) in [5.74, 6) is -0.346. The SMILES string of the molecule is CCc1ccc(C(CC)(NC(=O)c2cnn3c2NC(c2ccccc2)CC3(C)C)C(N)=O)cc1. The molecule has 2 aromatic carbocycles. The molecule has 2 unspecified atom stereocenters. The summed E-state index contributed by atoms with van der Waals surface area (Å²) in [6.45, 7) is 8.13. The number of fused-ring (bicyclic) bond motifs is 1. The topological polar surface area (TPSA) is 102 Å². The summed E-state index contributed by atoms with van der Waals surface area (Å²) in [7, 11) is 0. The van der Waals surface area contributed by atoms with Crippen molar-refractivity contribution < 1.29 is 9.59 Å². The number of aryl methyl sites for hydroxylation is 1. The van der Waals surface area contributed by atoms with E-state index in [4.69, 9.17) is 5.73 Å². The van der Waals surface area contributed by atoms with E-state index in [0.717, 1.165) is 24.0 Å². The number of carbonyl (C=O) groups excluding carboxylic acids is 2. The zero-order valence-electron chi connectivity index (χ0n) is 20.3. The maximum Gasteiger partial charge on any atom is 0.257 e. The number of nitrogens with zero attached hydrogens (tertiary/aromatic N) is 2. The van der Waals surface area contributed by atoms with Gasteiger partial charge in [-0.15, -0.1) is 0 Å². The highest BCUT2D eigenvalue weighted by Crippen LogP contribution is 2.40. The van der Waals surface area contributed by atoms with E-state index in [2.05, 4.69) is 48.6 Å². The van der Waals surface area contributed by atoms with Gasteiger partial charge in [-0.3, -0.25) is 9.59 Å². The van der Waals surface area contributed by atoms with E-state index in [1.54, 1.807) is 6.20 Å². The zero-order chi connectivity index (χ0) is 24.5. The molecule has 0 fully saturated rings. The van der Waals surface area contributed by atoms with Crippen molar-refractivity contribution in [1.82, 2.24) is 15.1 Å². The zero-order valence-corrected chi connectivity index (χ0v) is 20.3. The van der Waals surface area contributed by atoms with E-state index in [1.807, 2.05) is 54.1 Å². The predicted molar refractivity (Wildman–Crippen MR) is 133 cm³/mol. The van der Waals surface area contributed by atoms with Crippen LogP contribution in [-0.4, -0.2) is 21.6 Å². The van der Waals surface area contributed by atoms with Gasteiger partial charge in [0.2, 0.25) is 5.91 Å². The van der Waals surface area contributed by atoms with Crippen LogP contribution in [-0.2, 0) is 22.3 Å². The Morgan fingerprint density at radius 1 is 1.15 bits per heavy atom. The molecule has 7 heteroatoms. The first-order valence-electron chi connectivity index (χ1n) is 11.8. The van der Waals surface area contributed by atoms with E-state index in [9.17, 15) is 9.59 Å². The third kappa shape index (κ3) is 4.06. The Morgan fingerprint density at radius 2 is 1.82 bits per heavy atom. The number of anilines is 1. The lowest BCUT2D eigenvalue weighted by Crippen LogP contribution is -2.54. The highest BCUT2D eigenvalue weighted by Gasteiger charge is 2.41. The summed E-state index contributed by atoms with van der Waals surface area (Å²) in [5.41, 5.74) is 7.60. The highest BCUT2D eigenvalue weighted by molar-refractivity contribution is 6.02. The standard InChI is InChI=1S/C27H33N5O2/c1-5-18-12-14-20(15-13-18)27(6-2,25(28)34)31-24(33)21-17-29-32-23(21)30-22(16-26(32,3)4)19-10-8-7-9-11-19/h7-15,17,22,30H,5-6,16H2,1-4H3,(H2,28,34)(H,31,33). The number of hydrogen-bond donors (Lipinski definition) is 3. The molecular formula is C27H33N5O2. The van der Waals surface area contributed by atoms with Gasteiger partial charge in [0.1, 0.15) is 16.9 Å². The molecule has 1 aliphatic rings. The number of rotatable bonds is 7. The second kappa shape index (κ2) is 8.97. The van der Waals surface area contributed by atoms with Crippen molar-refractivity contribution in [3.05, 3.63) is 83.0 Å². The molecule has 2 atom stereocenters. The third-order valence-electron chi connectivity index (χ3n) is 6.94. The van der Waals surface area contributed by atoms with Crippen molar-refractivity contribution in [1.29, 1.82) is 0 Å². The minimum absolute atomic E-state index is 0.0283. The smallest absolute Gasteiger partial charge is 0.257 e. The summed E-state index contributed by atoms with van der Waals surface area (Å²) in [6, 6.07) is 17.9. The average molecular weight is 460 g/mol. The number of carbonyl (C=O) groups is 2. The van der Waals surface area contributed by atoms with Crippen LogP contribution in [0, 0.1) is 0 Å². The Morgan fingerprint density at radius 3 is 2.41 bits per heavy atom. The highest BCUT2D eigenvalue weighted by atomic mass is 16.2. The lowest BCUT2D eigenvalue weighted by atomic mass is 9.85. The molecule has 1 aromatic heterocycles. The van der Waals surface area contributed by atoms with Gasteiger partial charge in [0.25, 0.3) is 5.91 Å². The van der Waals surface area contributed by atoms with E-state index in [-0.39, 0.29) is 11.6 Å². The van der Waals surface area contributed by atoms with Crippen LogP contribution in [0.1, 0.15) is 73.6 Å². The summed E-state index contributed by atoms with van der Waals surface area (Å²) in [4.78, 5) is 26.3. The third-order valence-corrected chi connectivity index (χ3v) is 6.94. The molecule has 4 rings (SSSR count). The Hall–Kier alpha value is -3.61. The molecule has 0 bridgehead atoms. The molecule has 2 heterocycles. The van der Waals surface area contributed by atoms with Crippen LogP contribution in [0.25, 0.3) is 0 Å². The molecular weight excluding hydrogens is 426 g/mol. The van der Waals surface area contributed by atoms with Crippen molar-refractivity contribution in [2.75, 3.05) is 5.32 Å². The van der Waals surface area contributed by atoms with E-state index >= 15 is 0 Å². The van der Waals surface area contributed by atoms with E-state index in [1.165, 1.54) is 0 Å². The van der Waals surface area contributed by atoms with Crippen LogP contribution in [0.4, 0.5) is 5.82 Å². The number of benzene rings is 2. The van der Waals surface area contributed by atoms with E-state index < -0.39 is 17.4 Å². The molecule has 0 radical (unpaired) electrons. The predicted octanol–water partition coefficient (Wildman–Crippen LogP) is 4.26. The Balaban J connectivity index is 1.70. The van der Waals surface area contributed by atoms with E-state index in [0.29, 0.717) is 23.4 Å². The normalized spacial score (nSPS) is 18.3. The second-order valence-electron chi connectivity index (χ2n) is 9.57. The van der Waals surface area contributed by atoms with Gasteiger partial charge in [0.15, 0.2) is 0 Å². The Labute approximate surface area is 200 Å². The van der Waals surface area contributed by atoms with Gasteiger partial charge in [-0.25, -0.2) is 4.68 Å². The minimum atomic E-state index is -1.32. The van der Waals surface area contributed by atoms with Crippen molar-refractivity contribution in [2.24, 2.45) is 5.73 Å². The number of aromatic nitrogens is 2. The fourth-order valence-corrected chi connectivity index (χ4v) is 4.83. The first-order chi connectivity index (χ1) is 16.2. The summed E-state index contributed by atoms with van der Waals surface area (Å²) in [6.07, 6.45) is 3.59. The van der Waals surface area contributed by atoms with Crippen molar-refractivity contribution >= 4 is 17.6 Å². The lowest BCUT2D eigenvalue weighted by molar-refractivity contribution is -0.124. The summed E-state index contributed by atoms with van der Waals surface area (Å²) in [5, 5.41) is 11.0. The molecule has 7 nitrogen and oxygen atoms in total. The molecule has 2 amide bonds. The van der Waals surface area contributed by atoms with Crippen LogP contribution >= 0.6 is 0 Å². The van der Waals surface area contributed by atoms with Gasteiger partial charge in [-0.1, -0.05) is 68.4 Å². The number of nitrogens with two attached hydrogens (primary N) is 1. The molecule has 3 aromatic rings. The lowest BCUT2D eigenvalue weighted by Gasteiger charge is -2.38. The fourth-order valence-electron chi connectivity index (χ4n) is 4.83. The van der Waals surface area contributed by atoms with Crippen molar-refractivity contribution in [3.8, 4) is 0 Å². The maximum absolute atomic E-state index is 13.6.